The van der Waals surface area contributed by atoms with Gasteiger partial charge in [0.15, 0.2) is 16.1 Å². The second kappa shape index (κ2) is 11.4. The van der Waals surface area contributed by atoms with Crippen LogP contribution >= 0.6 is 34.5 Å². The molecular weight excluding hydrogens is 523 g/mol. The highest BCUT2D eigenvalue weighted by molar-refractivity contribution is 7.17. The predicted molar refractivity (Wildman–Crippen MR) is 141 cm³/mol. The molecule has 12 heteroatoms. The fourth-order valence-corrected chi connectivity index (χ4v) is 5.05. The molecule has 0 aliphatic carbocycles. The first-order valence-corrected chi connectivity index (χ1v) is 13.1. The van der Waals surface area contributed by atoms with E-state index in [1.54, 1.807) is 13.8 Å². The lowest BCUT2D eigenvalue weighted by Crippen LogP contribution is -2.26. The van der Waals surface area contributed by atoms with Gasteiger partial charge < -0.3 is 20.3 Å². The Kier molecular flexibility index (Phi) is 8.28. The van der Waals surface area contributed by atoms with E-state index in [9.17, 15) is 9.59 Å². The van der Waals surface area contributed by atoms with Crippen LogP contribution in [0.25, 0.3) is 0 Å². The number of amides is 2. The van der Waals surface area contributed by atoms with E-state index < -0.39 is 0 Å². The number of rotatable bonds is 8. The summed E-state index contributed by atoms with van der Waals surface area (Å²) in [7, 11) is 0. The monoisotopic (exact) mass is 548 g/mol. The number of benzene rings is 1. The van der Waals surface area contributed by atoms with Gasteiger partial charge in [-0.2, -0.15) is 0 Å². The van der Waals surface area contributed by atoms with Crippen molar-refractivity contribution in [2.45, 2.75) is 45.8 Å². The van der Waals surface area contributed by atoms with Gasteiger partial charge in [-0.05, 0) is 31.5 Å². The van der Waals surface area contributed by atoms with Crippen LogP contribution in [-0.4, -0.2) is 46.0 Å². The highest BCUT2D eigenvalue weighted by Crippen LogP contribution is 2.32. The molecule has 2 atom stereocenters. The maximum atomic E-state index is 12.8. The van der Waals surface area contributed by atoms with Gasteiger partial charge >= 0.3 is 0 Å². The van der Waals surface area contributed by atoms with Crippen molar-refractivity contribution in [2.24, 2.45) is 0 Å². The molecular formula is C24H26Cl2N6O3S. The Hall–Kier alpha value is -2.95. The van der Waals surface area contributed by atoms with E-state index in [4.69, 9.17) is 27.9 Å². The molecule has 1 fully saturated rings. The number of halogens is 2. The molecule has 1 aromatic carbocycles. The molecule has 1 saturated heterocycles. The zero-order valence-electron chi connectivity index (χ0n) is 20.0. The fourth-order valence-electron chi connectivity index (χ4n) is 3.82. The summed E-state index contributed by atoms with van der Waals surface area (Å²) in [6.45, 7) is 6.81. The average Bonchev–Trinajstić information content (AvgIpc) is 3.47. The van der Waals surface area contributed by atoms with Crippen LogP contribution in [0.2, 0.25) is 10.2 Å². The standard InChI is InChI=1S/C24H26Cl2N6O3S/c1-4-18(33)31-24-30-14(3)20(36-24)23(34)29-13(2)15-5-7-16(8-6-15)35-17-9-10-32(11-17)22-19(25)21(26)27-12-28-22/h5-8,12-13,17H,4,9-11H2,1-3H3,(H,29,34)(H,30,31,33)/t13-,17+/m0/s1. The van der Waals surface area contributed by atoms with Gasteiger partial charge in [-0.25, -0.2) is 15.0 Å². The zero-order chi connectivity index (χ0) is 25.8. The molecule has 190 valence electrons. The van der Waals surface area contributed by atoms with Gasteiger partial charge in [-0.15, -0.1) is 0 Å². The molecule has 0 saturated carbocycles. The van der Waals surface area contributed by atoms with E-state index in [1.807, 2.05) is 36.1 Å². The molecule has 9 nitrogen and oxygen atoms in total. The Labute approximate surface area is 223 Å². The Morgan fingerprint density at radius 3 is 2.72 bits per heavy atom. The smallest absolute Gasteiger partial charge is 0.263 e. The van der Waals surface area contributed by atoms with Crippen LogP contribution in [0.1, 0.15) is 53.7 Å². The summed E-state index contributed by atoms with van der Waals surface area (Å²) in [5.41, 5.74) is 1.52. The molecule has 0 radical (unpaired) electrons. The van der Waals surface area contributed by atoms with E-state index >= 15 is 0 Å². The second-order valence-corrected chi connectivity index (χ2v) is 10.1. The van der Waals surface area contributed by atoms with E-state index in [-0.39, 0.29) is 29.1 Å². The van der Waals surface area contributed by atoms with Crippen molar-refractivity contribution in [3.05, 3.63) is 56.9 Å². The molecule has 2 aromatic heterocycles. The molecule has 1 aliphatic heterocycles. The van der Waals surface area contributed by atoms with Crippen LogP contribution in [-0.2, 0) is 4.79 Å². The van der Waals surface area contributed by atoms with Gasteiger partial charge in [-0.3, -0.25) is 9.59 Å². The van der Waals surface area contributed by atoms with Crippen molar-refractivity contribution in [3.63, 3.8) is 0 Å². The fraction of sp³-hybridized carbons (Fsp3) is 0.375. The molecule has 2 amide bonds. The molecule has 4 rings (SSSR count). The number of anilines is 2. The van der Waals surface area contributed by atoms with Crippen molar-refractivity contribution in [1.29, 1.82) is 0 Å². The number of hydrogen-bond donors (Lipinski definition) is 2. The van der Waals surface area contributed by atoms with Crippen LogP contribution in [0.4, 0.5) is 10.9 Å². The van der Waals surface area contributed by atoms with Crippen molar-refractivity contribution in [2.75, 3.05) is 23.3 Å². The number of nitrogens with zero attached hydrogens (tertiary/aromatic N) is 4. The number of aryl methyl sites for hydroxylation is 1. The topological polar surface area (TPSA) is 109 Å². The van der Waals surface area contributed by atoms with Gasteiger partial charge in [0.2, 0.25) is 5.91 Å². The van der Waals surface area contributed by atoms with Crippen LogP contribution in [0.5, 0.6) is 5.75 Å². The number of aromatic nitrogens is 3. The van der Waals surface area contributed by atoms with Gasteiger partial charge in [-0.1, -0.05) is 53.6 Å². The minimum atomic E-state index is -0.232. The maximum absolute atomic E-state index is 12.8. The molecule has 2 N–H and O–H groups in total. The quantitative estimate of drug-likeness (QED) is 0.379. The number of ether oxygens (including phenoxy) is 1. The van der Waals surface area contributed by atoms with Crippen molar-refractivity contribution in [1.82, 2.24) is 20.3 Å². The van der Waals surface area contributed by atoms with Crippen molar-refractivity contribution >= 4 is 57.3 Å². The highest BCUT2D eigenvalue weighted by Gasteiger charge is 2.27. The second-order valence-electron chi connectivity index (χ2n) is 8.38. The minimum absolute atomic E-state index is 0.0190. The number of nitrogens with one attached hydrogen (secondary N) is 2. The van der Waals surface area contributed by atoms with Gasteiger partial charge in [0, 0.05) is 19.4 Å². The van der Waals surface area contributed by atoms with Crippen LogP contribution in [0, 0.1) is 6.92 Å². The number of thiazole rings is 1. The van der Waals surface area contributed by atoms with Gasteiger partial charge in [0.1, 0.15) is 28.1 Å². The first kappa shape index (κ1) is 26.1. The summed E-state index contributed by atoms with van der Waals surface area (Å²) in [6, 6.07) is 7.42. The normalized spacial score (nSPS) is 16.0. The zero-order valence-corrected chi connectivity index (χ0v) is 22.4. The SMILES string of the molecule is CCC(=O)Nc1nc(C)c(C(=O)N[C@@H](C)c2ccc(O[C@@H]3CCN(c4ncnc(Cl)c4Cl)C3)cc2)s1. The Morgan fingerprint density at radius 1 is 1.25 bits per heavy atom. The Bertz CT molecular complexity index is 1250. The maximum Gasteiger partial charge on any atom is 0.263 e. The molecule has 0 unspecified atom stereocenters. The van der Waals surface area contributed by atoms with Crippen molar-refractivity contribution in [3.8, 4) is 5.75 Å². The van der Waals surface area contributed by atoms with Crippen LogP contribution < -0.4 is 20.3 Å². The first-order chi connectivity index (χ1) is 17.2. The number of carbonyl (C=O) groups is 2. The molecule has 0 spiro atoms. The van der Waals surface area contributed by atoms with E-state index in [0.29, 0.717) is 39.5 Å². The molecule has 3 heterocycles. The summed E-state index contributed by atoms with van der Waals surface area (Å²) in [4.78, 5) is 39.3. The average molecular weight is 549 g/mol. The Balaban J connectivity index is 1.33. The minimum Gasteiger partial charge on any atom is -0.489 e. The summed E-state index contributed by atoms with van der Waals surface area (Å²) in [6.07, 6.45) is 2.55. The molecule has 1 aliphatic rings. The van der Waals surface area contributed by atoms with E-state index in [2.05, 4.69) is 25.6 Å². The third-order valence-electron chi connectivity index (χ3n) is 5.77. The lowest BCUT2D eigenvalue weighted by Gasteiger charge is -2.19. The molecule has 3 aromatic rings. The van der Waals surface area contributed by atoms with Crippen molar-refractivity contribution < 1.29 is 14.3 Å². The van der Waals surface area contributed by atoms with Crippen LogP contribution in [0.3, 0.4) is 0 Å². The molecule has 0 bridgehead atoms. The first-order valence-electron chi connectivity index (χ1n) is 11.5. The predicted octanol–water partition coefficient (Wildman–Crippen LogP) is 5.05. The Morgan fingerprint density at radius 2 is 2.00 bits per heavy atom. The van der Waals surface area contributed by atoms with E-state index in [1.165, 1.54) is 17.7 Å². The summed E-state index contributed by atoms with van der Waals surface area (Å²) < 4.78 is 6.15. The molecule has 36 heavy (non-hydrogen) atoms. The summed E-state index contributed by atoms with van der Waals surface area (Å²) in [5, 5.41) is 6.70. The van der Waals surface area contributed by atoms with Gasteiger partial charge in [0.25, 0.3) is 5.91 Å². The third-order valence-corrected chi connectivity index (χ3v) is 7.58. The summed E-state index contributed by atoms with van der Waals surface area (Å²) >= 11 is 13.4. The lowest BCUT2D eigenvalue weighted by atomic mass is 10.1. The largest absolute Gasteiger partial charge is 0.489 e. The third kappa shape index (κ3) is 6.05. The number of carbonyl (C=O) groups excluding carboxylic acids is 2. The van der Waals surface area contributed by atoms with E-state index in [0.717, 1.165) is 24.3 Å². The highest BCUT2D eigenvalue weighted by atomic mass is 35.5. The number of hydrogen-bond acceptors (Lipinski definition) is 8. The van der Waals surface area contributed by atoms with Gasteiger partial charge in [0.05, 0.1) is 18.3 Å². The summed E-state index contributed by atoms with van der Waals surface area (Å²) in [5.74, 6) is 0.979. The lowest BCUT2D eigenvalue weighted by molar-refractivity contribution is -0.115. The van der Waals surface area contributed by atoms with Crippen LogP contribution in [0.15, 0.2) is 30.6 Å².